The van der Waals surface area contributed by atoms with E-state index in [2.05, 4.69) is 16.0 Å². The molecule has 0 saturated carbocycles. The van der Waals surface area contributed by atoms with E-state index in [0.29, 0.717) is 11.5 Å². The Morgan fingerprint density at radius 1 is 1.53 bits per heavy atom. The van der Waals surface area contributed by atoms with E-state index in [9.17, 15) is 4.79 Å². The molecule has 1 aliphatic heterocycles. The van der Waals surface area contributed by atoms with Crippen molar-refractivity contribution in [3.05, 3.63) is 30.1 Å². The van der Waals surface area contributed by atoms with Gasteiger partial charge in [-0.3, -0.25) is 15.2 Å². The molecule has 0 aromatic carbocycles. The number of aromatic nitrogens is 1. The van der Waals surface area contributed by atoms with Gasteiger partial charge >= 0.3 is 0 Å². The Morgan fingerprint density at radius 2 is 2.13 bits per heavy atom. The number of nitrogens with zero attached hydrogens (tertiary/aromatic N) is 3. The Kier molecular flexibility index (Phi) is 2.24. The number of carbonyl (C=O) groups is 1. The third-order valence-corrected chi connectivity index (χ3v) is 2.04. The largest absolute Gasteiger partial charge is 0.271 e. The molecule has 0 unspecified atom stereocenters. The van der Waals surface area contributed by atoms with Crippen molar-refractivity contribution in [1.82, 2.24) is 15.9 Å². The number of guanidine groups is 1. The molecule has 6 nitrogen and oxygen atoms in total. The zero-order valence-electron chi connectivity index (χ0n) is 8.56. The molecule has 15 heavy (non-hydrogen) atoms. The highest BCUT2D eigenvalue weighted by molar-refractivity contribution is 5.96. The summed E-state index contributed by atoms with van der Waals surface area (Å²) in [6, 6.07) is 3.47. The van der Waals surface area contributed by atoms with E-state index < -0.39 is 0 Å². The van der Waals surface area contributed by atoms with Gasteiger partial charge in [-0.25, -0.2) is 9.99 Å². The van der Waals surface area contributed by atoms with Crippen LogP contribution in [0.4, 0.5) is 0 Å². The molecule has 1 fully saturated rings. The Bertz CT molecular complexity index is 411. The third kappa shape index (κ3) is 2.22. The van der Waals surface area contributed by atoms with E-state index in [0.717, 1.165) is 0 Å². The van der Waals surface area contributed by atoms with Crippen molar-refractivity contribution in [3.8, 4) is 0 Å². The van der Waals surface area contributed by atoms with E-state index in [-0.39, 0.29) is 5.91 Å². The molecule has 0 atom stereocenters. The van der Waals surface area contributed by atoms with Crippen molar-refractivity contribution in [2.45, 2.75) is 0 Å². The second-order valence-electron chi connectivity index (χ2n) is 3.30. The van der Waals surface area contributed by atoms with Crippen molar-refractivity contribution in [2.24, 2.45) is 12.1 Å². The quantitative estimate of drug-likeness (QED) is 0.369. The Labute approximate surface area is 87.2 Å². The monoisotopic (exact) mass is 206 g/mol. The van der Waals surface area contributed by atoms with Crippen LogP contribution < -0.4 is 15.4 Å². The second kappa shape index (κ2) is 3.56. The van der Waals surface area contributed by atoms with Crippen LogP contribution in [0.25, 0.3) is 0 Å². The fraction of sp³-hybridized carbons (Fsp3) is 0.222. The first-order chi connectivity index (χ1) is 7.16. The first kappa shape index (κ1) is 9.45. The molecule has 2 heterocycles. The number of hydrazine groups is 1. The highest BCUT2D eigenvalue weighted by Crippen LogP contribution is 1.96. The maximum atomic E-state index is 11.5. The van der Waals surface area contributed by atoms with Gasteiger partial charge in [0.15, 0.2) is 12.4 Å². The summed E-state index contributed by atoms with van der Waals surface area (Å²) in [5.41, 5.74) is 5.84. The first-order valence-corrected chi connectivity index (χ1v) is 4.50. The van der Waals surface area contributed by atoms with Crippen molar-refractivity contribution >= 4 is 11.9 Å². The maximum absolute atomic E-state index is 11.5. The molecular weight excluding hydrogens is 194 g/mol. The number of pyridine rings is 1. The average Bonchev–Trinajstić information content (AvgIpc) is 2.92. The van der Waals surface area contributed by atoms with Crippen LogP contribution in [0.3, 0.4) is 0 Å². The molecule has 0 spiro atoms. The van der Waals surface area contributed by atoms with Crippen molar-refractivity contribution in [1.29, 1.82) is 0 Å². The van der Waals surface area contributed by atoms with Crippen molar-refractivity contribution in [3.63, 3.8) is 0 Å². The molecule has 6 heteroatoms. The van der Waals surface area contributed by atoms with Gasteiger partial charge in [-0.2, -0.15) is 0 Å². The van der Waals surface area contributed by atoms with Crippen LogP contribution in [-0.4, -0.2) is 23.9 Å². The molecule has 1 amide bonds. The fourth-order valence-electron chi connectivity index (χ4n) is 1.05. The zero-order chi connectivity index (χ0) is 10.8. The normalized spacial score (nSPS) is 16.1. The summed E-state index contributed by atoms with van der Waals surface area (Å²) in [4.78, 5) is 11.5. The molecule has 2 rings (SSSR count). The lowest BCUT2D eigenvalue weighted by atomic mass is 10.2. The van der Waals surface area contributed by atoms with Gasteiger partial charge in [-0.15, -0.1) is 5.10 Å². The highest BCUT2D eigenvalue weighted by atomic mass is 16.2. The van der Waals surface area contributed by atoms with Crippen molar-refractivity contribution < 1.29 is 9.36 Å². The molecule has 0 aliphatic carbocycles. The van der Waals surface area contributed by atoms with Gasteiger partial charge in [0.05, 0.1) is 5.56 Å². The fourth-order valence-corrected chi connectivity index (χ4v) is 1.05. The summed E-state index contributed by atoms with van der Waals surface area (Å²) in [5.74, 6) is 0.440. The van der Waals surface area contributed by atoms with Crippen molar-refractivity contribution in [2.75, 3.05) is 7.05 Å². The predicted octanol–water partition coefficient (Wildman–Crippen LogP) is -1.04. The number of amides is 1. The van der Waals surface area contributed by atoms with Gasteiger partial charge in [0.2, 0.25) is 0 Å². The number of hydrogen-bond donors (Lipinski definition) is 2. The SMILES string of the molecule is CN1N/C1=N\NC(=O)c1cc[n+](C)cc1. The van der Waals surface area contributed by atoms with Gasteiger partial charge in [0.1, 0.15) is 7.05 Å². The molecule has 1 aromatic rings. The van der Waals surface area contributed by atoms with Crippen LogP contribution in [0.1, 0.15) is 10.4 Å². The third-order valence-electron chi connectivity index (χ3n) is 2.04. The van der Waals surface area contributed by atoms with Gasteiger partial charge in [-0.05, 0) is 0 Å². The summed E-state index contributed by atoms with van der Waals surface area (Å²) in [7, 11) is 3.71. The number of carbonyl (C=O) groups excluding carboxylic acids is 1. The number of aryl methyl sites for hydroxylation is 1. The van der Waals surface area contributed by atoms with Crippen LogP contribution in [-0.2, 0) is 7.05 Å². The van der Waals surface area contributed by atoms with Gasteiger partial charge in [0.25, 0.3) is 11.9 Å². The highest BCUT2D eigenvalue weighted by Gasteiger charge is 2.21. The first-order valence-electron chi connectivity index (χ1n) is 4.50. The molecule has 78 valence electrons. The van der Waals surface area contributed by atoms with E-state index in [1.165, 1.54) is 0 Å². The minimum absolute atomic E-state index is 0.217. The van der Waals surface area contributed by atoms with Crippen LogP contribution in [0.2, 0.25) is 0 Å². The molecule has 1 saturated heterocycles. The van der Waals surface area contributed by atoms with Gasteiger partial charge in [-0.1, -0.05) is 0 Å². The van der Waals surface area contributed by atoms with Gasteiger partial charge < -0.3 is 0 Å². The Morgan fingerprint density at radius 3 is 2.67 bits per heavy atom. The van der Waals surface area contributed by atoms with Crippen LogP contribution in [0.15, 0.2) is 29.6 Å². The van der Waals surface area contributed by atoms with E-state index in [1.54, 1.807) is 17.1 Å². The summed E-state index contributed by atoms with van der Waals surface area (Å²) in [6.45, 7) is 0. The van der Waals surface area contributed by atoms with E-state index in [4.69, 9.17) is 0 Å². The Hall–Kier alpha value is -2.11. The van der Waals surface area contributed by atoms with E-state index >= 15 is 0 Å². The topological polar surface area (TPSA) is 70.3 Å². The van der Waals surface area contributed by atoms with Gasteiger partial charge in [0, 0.05) is 19.2 Å². The van der Waals surface area contributed by atoms with Crippen LogP contribution in [0.5, 0.6) is 0 Å². The lowest BCUT2D eigenvalue weighted by Gasteiger charge is -1.96. The minimum atomic E-state index is -0.217. The summed E-state index contributed by atoms with van der Waals surface area (Å²) in [6.07, 6.45) is 3.62. The molecule has 1 aromatic heterocycles. The van der Waals surface area contributed by atoms with Crippen LogP contribution in [0, 0.1) is 0 Å². The lowest BCUT2D eigenvalue weighted by Crippen LogP contribution is -2.27. The smallest absolute Gasteiger partial charge is 0.267 e. The standard InChI is InChI=1S/C9H11N5O/c1-13-5-3-7(4-6-13)8(15)10-11-9-12-14(9)2/h3-6,15H,1-2H3/p+1. The molecule has 1 aliphatic rings. The maximum Gasteiger partial charge on any atom is 0.271 e. The minimum Gasteiger partial charge on any atom is -0.267 e. The molecule has 0 radical (unpaired) electrons. The Balaban J connectivity index is 1.99. The summed E-state index contributed by atoms with van der Waals surface area (Å²) < 4.78 is 1.86. The number of hydrazone groups is 1. The molecular formula is C9H12N5O+. The predicted molar refractivity (Wildman–Crippen MR) is 53.4 cm³/mol. The molecule has 2 N–H and O–H groups in total. The number of hydrogen-bond acceptors (Lipinski definition) is 2. The second-order valence-corrected chi connectivity index (χ2v) is 3.30. The van der Waals surface area contributed by atoms with Crippen LogP contribution >= 0.6 is 0 Å². The lowest BCUT2D eigenvalue weighted by molar-refractivity contribution is -0.671. The average molecular weight is 206 g/mol. The molecule has 0 bridgehead atoms. The number of nitrogens with one attached hydrogen (secondary N) is 2. The number of rotatable bonds is 2. The zero-order valence-corrected chi connectivity index (χ0v) is 8.56. The summed E-state index contributed by atoms with van der Waals surface area (Å²) >= 11 is 0. The summed E-state index contributed by atoms with van der Waals surface area (Å²) in [5, 5.41) is 5.54. The van der Waals surface area contributed by atoms with E-state index in [1.807, 2.05) is 31.1 Å².